The van der Waals surface area contributed by atoms with Crippen molar-refractivity contribution in [2.75, 3.05) is 5.32 Å². The Bertz CT molecular complexity index is 717. The minimum absolute atomic E-state index is 0.0591. The first kappa shape index (κ1) is 16.6. The molecule has 0 aliphatic rings. The fraction of sp³-hybridized carbons (Fsp3) is 0.0714. The van der Waals surface area contributed by atoms with Crippen LogP contribution in [0.25, 0.3) is 0 Å². The first-order valence-electron chi connectivity index (χ1n) is 5.85. The van der Waals surface area contributed by atoms with Crippen LogP contribution in [0.1, 0.15) is 15.9 Å². The molecule has 0 saturated heterocycles. The molecule has 1 amide bonds. The van der Waals surface area contributed by atoms with Gasteiger partial charge in [-0.15, -0.1) is 0 Å². The number of carbonyl (C=O) groups is 1. The lowest BCUT2D eigenvalue weighted by Gasteiger charge is -2.10. The Hall–Kier alpha value is -1.73. The SMILES string of the molecule is O=C(Nc1ccc(C(F)(F)F)cc1)c1cc(Br)c(Cl)cc1O. The van der Waals surface area contributed by atoms with Crippen molar-refractivity contribution in [2.45, 2.75) is 6.18 Å². The zero-order valence-electron chi connectivity index (χ0n) is 10.7. The average molecular weight is 395 g/mol. The molecule has 2 rings (SSSR count). The molecule has 0 spiro atoms. The summed E-state index contributed by atoms with van der Waals surface area (Å²) in [5.74, 6) is -1.01. The number of anilines is 1. The van der Waals surface area contributed by atoms with Crippen molar-refractivity contribution >= 4 is 39.1 Å². The molecule has 116 valence electrons. The van der Waals surface area contributed by atoms with Gasteiger partial charge in [-0.25, -0.2) is 0 Å². The molecule has 2 aromatic carbocycles. The zero-order valence-corrected chi connectivity index (χ0v) is 13.1. The summed E-state index contributed by atoms with van der Waals surface area (Å²) in [5.41, 5.74) is -0.706. The Balaban J connectivity index is 2.21. The van der Waals surface area contributed by atoms with Gasteiger partial charge in [-0.1, -0.05) is 11.6 Å². The molecule has 0 fully saturated rings. The molecule has 2 aromatic rings. The summed E-state index contributed by atoms with van der Waals surface area (Å²) in [7, 11) is 0. The van der Waals surface area contributed by atoms with Crippen LogP contribution >= 0.6 is 27.5 Å². The number of phenols is 1. The molecule has 0 heterocycles. The van der Waals surface area contributed by atoms with Crippen molar-refractivity contribution in [1.29, 1.82) is 0 Å². The molecular formula is C14H8BrClF3NO2. The molecule has 0 aliphatic heterocycles. The van der Waals surface area contributed by atoms with E-state index in [-0.39, 0.29) is 22.0 Å². The Morgan fingerprint density at radius 3 is 2.32 bits per heavy atom. The van der Waals surface area contributed by atoms with Gasteiger partial charge in [0.1, 0.15) is 5.75 Å². The predicted octanol–water partition coefficient (Wildman–Crippen LogP) is 5.08. The summed E-state index contributed by atoms with van der Waals surface area (Å²) in [6, 6.07) is 6.47. The Morgan fingerprint density at radius 2 is 1.77 bits per heavy atom. The fourth-order valence-electron chi connectivity index (χ4n) is 1.66. The molecular weight excluding hydrogens is 387 g/mol. The molecule has 2 N–H and O–H groups in total. The average Bonchev–Trinajstić information content (AvgIpc) is 2.42. The molecule has 0 aromatic heterocycles. The normalized spacial score (nSPS) is 11.3. The summed E-state index contributed by atoms with van der Waals surface area (Å²) in [5, 5.41) is 12.3. The highest BCUT2D eigenvalue weighted by Gasteiger charge is 2.30. The largest absolute Gasteiger partial charge is 0.507 e. The second-order valence-electron chi connectivity index (χ2n) is 4.31. The van der Waals surface area contributed by atoms with Crippen LogP contribution < -0.4 is 5.32 Å². The van der Waals surface area contributed by atoms with Crippen LogP contribution in [0, 0.1) is 0 Å². The third kappa shape index (κ3) is 3.72. The monoisotopic (exact) mass is 393 g/mol. The van der Waals surface area contributed by atoms with Crippen molar-refractivity contribution in [3.8, 4) is 5.75 Å². The van der Waals surface area contributed by atoms with Gasteiger partial charge in [0, 0.05) is 16.2 Å². The van der Waals surface area contributed by atoms with Crippen molar-refractivity contribution in [1.82, 2.24) is 0 Å². The third-order valence-corrected chi connectivity index (χ3v) is 3.95. The highest BCUT2D eigenvalue weighted by atomic mass is 79.9. The number of halogens is 5. The zero-order chi connectivity index (χ0) is 16.5. The van der Waals surface area contributed by atoms with Crippen molar-refractivity contribution in [3.63, 3.8) is 0 Å². The van der Waals surface area contributed by atoms with Crippen molar-refractivity contribution in [2.24, 2.45) is 0 Å². The number of alkyl halides is 3. The number of amides is 1. The second-order valence-corrected chi connectivity index (χ2v) is 5.57. The lowest BCUT2D eigenvalue weighted by Crippen LogP contribution is -2.12. The molecule has 0 unspecified atom stereocenters. The van der Waals surface area contributed by atoms with Gasteiger partial charge in [0.15, 0.2) is 0 Å². The van der Waals surface area contributed by atoms with E-state index in [0.717, 1.165) is 24.3 Å². The van der Waals surface area contributed by atoms with E-state index < -0.39 is 17.6 Å². The predicted molar refractivity (Wildman–Crippen MR) is 80.2 cm³/mol. The lowest BCUT2D eigenvalue weighted by molar-refractivity contribution is -0.137. The summed E-state index contributed by atoms with van der Waals surface area (Å²) in [4.78, 5) is 12.0. The second kappa shape index (κ2) is 6.18. The maximum Gasteiger partial charge on any atom is 0.416 e. The summed E-state index contributed by atoms with van der Waals surface area (Å²) < 4.78 is 37.7. The van der Waals surface area contributed by atoms with E-state index in [4.69, 9.17) is 11.6 Å². The minimum Gasteiger partial charge on any atom is -0.507 e. The molecule has 0 saturated carbocycles. The Labute approximate surface area is 136 Å². The number of rotatable bonds is 2. The minimum atomic E-state index is -4.44. The third-order valence-electron chi connectivity index (χ3n) is 2.75. The van der Waals surface area contributed by atoms with Gasteiger partial charge in [0.05, 0.1) is 16.1 Å². The van der Waals surface area contributed by atoms with E-state index in [0.29, 0.717) is 4.47 Å². The number of nitrogens with one attached hydrogen (secondary N) is 1. The van der Waals surface area contributed by atoms with Crippen LogP contribution in [0.5, 0.6) is 5.75 Å². The van der Waals surface area contributed by atoms with E-state index in [9.17, 15) is 23.1 Å². The number of carbonyl (C=O) groups excluding carboxylic acids is 1. The Morgan fingerprint density at radius 1 is 1.18 bits per heavy atom. The van der Waals surface area contributed by atoms with Crippen LogP contribution in [-0.4, -0.2) is 11.0 Å². The van der Waals surface area contributed by atoms with E-state index in [1.54, 1.807) is 0 Å². The van der Waals surface area contributed by atoms with Gasteiger partial charge in [-0.3, -0.25) is 4.79 Å². The van der Waals surface area contributed by atoms with E-state index in [1.165, 1.54) is 12.1 Å². The first-order valence-corrected chi connectivity index (χ1v) is 7.02. The van der Waals surface area contributed by atoms with Crippen molar-refractivity contribution < 1.29 is 23.1 Å². The molecule has 22 heavy (non-hydrogen) atoms. The van der Waals surface area contributed by atoms with Crippen molar-refractivity contribution in [3.05, 3.63) is 57.0 Å². The van der Waals surface area contributed by atoms with E-state index in [2.05, 4.69) is 21.2 Å². The highest BCUT2D eigenvalue weighted by Crippen LogP contribution is 2.32. The quantitative estimate of drug-likeness (QED) is 0.746. The number of aromatic hydroxyl groups is 1. The molecule has 0 bridgehead atoms. The fourth-order valence-corrected chi connectivity index (χ4v) is 2.16. The standard InChI is InChI=1S/C14H8BrClF3NO2/c15-10-5-9(12(21)6-11(10)16)13(22)20-8-3-1-7(2-4-8)14(17,18)19/h1-6,21H,(H,20,22). The summed E-state index contributed by atoms with van der Waals surface area (Å²) in [6.45, 7) is 0. The highest BCUT2D eigenvalue weighted by molar-refractivity contribution is 9.10. The molecule has 0 radical (unpaired) electrons. The number of phenolic OH excluding ortho intramolecular Hbond substituents is 1. The van der Waals surface area contributed by atoms with Gasteiger partial charge in [0.2, 0.25) is 0 Å². The molecule has 3 nitrogen and oxygen atoms in total. The van der Waals surface area contributed by atoms with Gasteiger partial charge in [-0.05, 0) is 46.3 Å². The number of benzene rings is 2. The van der Waals surface area contributed by atoms with Gasteiger partial charge in [-0.2, -0.15) is 13.2 Å². The lowest BCUT2D eigenvalue weighted by atomic mass is 10.1. The van der Waals surface area contributed by atoms with Gasteiger partial charge >= 0.3 is 6.18 Å². The summed E-state index contributed by atoms with van der Waals surface area (Å²) >= 11 is 8.88. The van der Waals surface area contributed by atoms with E-state index >= 15 is 0 Å². The van der Waals surface area contributed by atoms with Crippen LogP contribution in [-0.2, 0) is 6.18 Å². The molecule has 0 atom stereocenters. The maximum absolute atomic E-state index is 12.4. The van der Waals surface area contributed by atoms with Gasteiger partial charge < -0.3 is 10.4 Å². The maximum atomic E-state index is 12.4. The van der Waals surface area contributed by atoms with E-state index in [1.807, 2.05) is 0 Å². The number of hydrogen-bond acceptors (Lipinski definition) is 2. The smallest absolute Gasteiger partial charge is 0.416 e. The molecule has 0 aliphatic carbocycles. The number of hydrogen-bond donors (Lipinski definition) is 2. The molecule has 8 heteroatoms. The summed E-state index contributed by atoms with van der Waals surface area (Å²) in [6.07, 6.45) is -4.44. The Kier molecular flexibility index (Phi) is 4.67. The topological polar surface area (TPSA) is 49.3 Å². The van der Waals surface area contributed by atoms with Gasteiger partial charge in [0.25, 0.3) is 5.91 Å². The first-order chi connectivity index (χ1) is 10.2. The van der Waals surface area contributed by atoms with Crippen LogP contribution in [0.2, 0.25) is 5.02 Å². The van der Waals surface area contributed by atoms with Crippen LogP contribution in [0.4, 0.5) is 18.9 Å². The van der Waals surface area contributed by atoms with Crippen LogP contribution in [0.15, 0.2) is 40.9 Å². The van der Waals surface area contributed by atoms with Crippen LogP contribution in [0.3, 0.4) is 0 Å².